The normalized spacial score (nSPS) is 29.6. The molecule has 2 aliphatic rings. The van der Waals surface area contributed by atoms with Gasteiger partial charge in [0.1, 0.15) is 6.04 Å². The van der Waals surface area contributed by atoms with Gasteiger partial charge in [-0.1, -0.05) is 24.6 Å². The second kappa shape index (κ2) is 5.44. The number of nitrogens with zero attached hydrogens (tertiary/aromatic N) is 1. The maximum atomic E-state index is 12.5. The quantitative estimate of drug-likeness (QED) is 0.869. The predicted octanol–water partition coefficient (Wildman–Crippen LogP) is 2.32. The van der Waals surface area contributed by atoms with Crippen molar-refractivity contribution in [3.8, 4) is 0 Å². The van der Waals surface area contributed by atoms with E-state index in [1.807, 2.05) is 18.2 Å². The van der Waals surface area contributed by atoms with Crippen molar-refractivity contribution >= 4 is 11.6 Å². The van der Waals surface area contributed by atoms with Crippen molar-refractivity contribution in [1.82, 2.24) is 10.4 Å². The summed E-state index contributed by atoms with van der Waals surface area (Å²) in [4.78, 5) is 12.5. The molecule has 3 atom stereocenters. The van der Waals surface area contributed by atoms with Crippen LogP contribution in [0.2, 0.25) is 0 Å². The molecule has 4 nitrogen and oxygen atoms in total. The summed E-state index contributed by atoms with van der Waals surface area (Å²) in [7, 11) is 0. The highest BCUT2D eigenvalue weighted by Gasteiger charge is 2.31. The largest absolute Gasteiger partial charge is 0.373 e. The molecule has 2 aliphatic heterocycles. The standard InChI is InChI=1S/C16H23N3O/c1-11-6-5-7-12(2)19(11)18-16(20)15-10-13-8-3-4-9-14(13)17-15/h3-4,8-9,11-12,15,17H,5-7,10H2,1-2H3,(H,18,20). The van der Waals surface area contributed by atoms with Gasteiger partial charge >= 0.3 is 0 Å². The monoisotopic (exact) mass is 273 g/mol. The summed E-state index contributed by atoms with van der Waals surface area (Å²) < 4.78 is 0. The van der Waals surface area contributed by atoms with Gasteiger partial charge in [0.2, 0.25) is 0 Å². The zero-order valence-electron chi connectivity index (χ0n) is 12.2. The van der Waals surface area contributed by atoms with E-state index >= 15 is 0 Å². The molecule has 0 aromatic heterocycles. The highest BCUT2D eigenvalue weighted by molar-refractivity contribution is 5.87. The molecule has 2 heterocycles. The minimum absolute atomic E-state index is 0.0850. The number of benzene rings is 1. The molecule has 108 valence electrons. The van der Waals surface area contributed by atoms with Crippen molar-refractivity contribution in [2.45, 2.75) is 57.7 Å². The molecule has 3 rings (SSSR count). The van der Waals surface area contributed by atoms with E-state index in [1.165, 1.54) is 12.0 Å². The average molecular weight is 273 g/mol. The Morgan fingerprint density at radius 2 is 1.95 bits per heavy atom. The second-order valence-corrected chi connectivity index (χ2v) is 6.07. The molecular weight excluding hydrogens is 250 g/mol. The SMILES string of the molecule is CC1CCCC(C)N1NC(=O)C1Cc2ccccc2N1. The Hall–Kier alpha value is -1.55. The van der Waals surface area contributed by atoms with Gasteiger partial charge in [0.05, 0.1) is 0 Å². The lowest BCUT2D eigenvalue weighted by Gasteiger charge is -2.39. The average Bonchev–Trinajstić information content (AvgIpc) is 2.87. The van der Waals surface area contributed by atoms with Gasteiger partial charge in [0.25, 0.3) is 5.91 Å². The van der Waals surface area contributed by atoms with E-state index in [-0.39, 0.29) is 11.9 Å². The van der Waals surface area contributed by atoms with Gasteiger partial charge in [-0.2, -0.15) is 0 Å². The number of piperidine rings is 1. The Labute approximate surface area is 120 Å². The minimum atomic E-state index is -0.145. The summed E-state index contributed by atoms with van der Waals surface area (Å²) in [5.41, 5.74) is 5.45. The van der Waals surface area contributed by atoms with Crippen LogP contribution in [0, 0.1) is 0 Å². The Morgan fingerprint density at radius 1 is 1.25 bits per heavy atom. The Morgan fingerprint density at radius 3 is 2.65 bits per heavy atom. The van der Waals surface area contributed by atoms with Gasteiger partial charge in [-0.15, -0.1) is 0 Å². The van der Waals surface area contributed by atoms with E-state index < -0.39 is 0 Å². The molecule has 0 saturated carbocycles. The molecule has 0 aliphatic carbocycles. The molecule has 0 bridgehead atoms. The number of carbonyl (C=O) groups is 1. The summed E-state index contributed by atoms with van der Waals surface area (Å²) in [6.07, 6.45) is 4.34. The minimum Gasteiger partial charge on any atom is -0.373 e. The number of hydrogen-bond acceptors (Lipinski definition) is 3. The fourth-order valence-corrected chi connectivity index (χ4v) is 3.30. The Kier molecular flexibility index (Phi) is 3.66. The number of carbonyl (C=O) groups excluding carboxylic acids is 1. The third kappa shape index (κ3) is 2.52. The van der Waals surface area contributed by atoms with Gasteiger partial charge < -0.3 is 5.32 Å². The number of fused-ring (bicyclic) bond motifs is 1. The Balaban J connectivity index is 1.63. The Bertz CT molecular complexity index is 467. The zero-order chi connectivity index (χ0) is 14.1. The molecule has 3 unspecified atom stereocenters. The predicted molar refractivity (Wildman–Crippen MR) is 80.3 cm³/mol. The fourth-order valence-electron chi connectivity index (χ4n) is 3.30. The summed E-state index contributed by atoms with van der Waals surface area (Å²) in [6.45, 7) is 4.37. The van der Waals surface area contributed by atoms with Crippen molar-refractivity contribution in [2.75, 3.05) is 5.32 Å². The van der Waals surface area contributed by atoms with Crippen LogP contribution in [0.1, 0.15) is 38.7 Å². The van der Waals surface area contributed by atoms with Crippen molar-refractivity contribution < 1.29 is 4.79 Å². The maximum Gasteiger partial charge on any atom is 0.257 e. The van der Waals surface area contributed by atoms with Gasteiger partial charge in [-0.3, -0.25) is 10.2 Å². The lowest BCUT2D eigenvalue weighted by atomic mass is 10.00. The molecule has 2 N–H and O–H groups in total. The van der Waals surface area contributed by atoms with E-state index in [0.29, 0.717) is 12.1 Å². The van der Waals surface area contributed by atoms with Crippen LogP contribution in [-0.4, -0.2) is 29.0 Å². The van der Waals surface area contributed by atoms with Gasteiger partial charge in [-0.05, 0) is 38.3 Å². The summed E-state index contributed by atoms with van der Waals surface area (Å²) in [5.74, 6) is 0.0850. The molecule has 1 aromatic rings. The molecular formula is C16H23N3O. The highest BCUT2D eigenvalue weighted by atomic mass is 16.2. The second-order valence-electron chi connectivity index (χ2n) is 6.07. The van der Waals surface area contributed by atoms with Crippen LogP contribution in [-0.2, 0) is 11.2 Å². The first-order chi connectivity index (χ1) is 9.65. The van der Waals surface area contributed by atoms with E-state index in [4.69, 9.17) is 0 Å². The van der Waals surface area contributed by atoms with E-state index in [1.54, 1.807) is 0 Å². The van der Waals surface area contributed by atoms with Crippen LogP contribution in [0.25, 0.3) is 0 Å². The smallest absolute Gasteiger partial charge is 0.257 e. The van der Waals surface area contributed by atoms with E-state index in [0.717, 1.165) is 24.9 Å². The summed E-state index contributed by atoms with van der Waals surface area (Å²) in [5, 5.41) is 5.45. The molecule has 0 radical (unpaired) electrons. The maximum absolute atomic E-state index is 12.5. The van der Waals surface area contributed by atoms with Crippen LogP contribution in [0.15, 0.2) is 24.3 Å². The van der Waals surface area contributed by atoms with E-state index in [2.05, 4.69) is 35.7 Å². The number of amides is 1. The van der Waals surface area contributed by atoms with Crippen molar-refractivity contribution in [3.05, 3.63) is 29.8 Å². The van der Waals surface area contributed by atoms with Crippen molar-refractivity contribution in [3.63, 3.8) is 0 Å². The van der Waals surface area contributed by atoms with Crippen molar-refractivity contribution in [2.24, 2.45) is 0 Å². The number of anilines is 1. The number of nitrogens with one attached hydrogen (secondary N) is 2. The van der Waals surface area contributed by atoms with Crippen molar-refractivity contribution in [1.29, 1.82) is 0 Å². The number of hydrazine groups is 1. The summed E-state index contributed by atoms with van der Waals surface area (Å²) in [6, 6.07) is 8.85. The number of rotatable bonds is 2. The van der Waals surface area contributed by atoms with Crippen LogP contribution in [0.5, 0.6) is 0 Å². The first-order valence-corrected chi connectivity index (χ1v) is 7.58. The highest BCUT2D eigenvalue weighted by Crippen LogP contribution is 2.26. The topological polar surface area (TPSA) is 44.4 Å². The molecule has 1 fully saturated rings. The third-order valence-corrected chi connectivity index (χ3v) is 4.52. The van der Waals surface area contributed by atoms with Crippen LogP contribution in [0.3, 0.4) is 0 Å². The van der Waals surface area contributed by atoms with Crippen LogP contribution < -0.4 is 10.7 Å². The third-order valence-electron chi connectivity index (χ3n) is 4.52. The first-order valence-electron chi connectivity index (χ1n) is 7.58. The molecule has 20 heavy (non-hydrogen) atoms. The summed E-state index contributed by atoms with van der Waals surface area (Å²) >= 11 is 0. The fraction of sp³-hybridized carbons (Fsp3) is 0.562. The molecule has 0 spiro atoms. The number of hydrogen-bond donors (Lipinski definition) is 2. The molecule has 1 amide bonds. The zero-order valence-corrected chi connectivity index (χ0v) is 12.2. The lowest BCUT2D eigenvalue weighted by molar-refractivity contribution is -0.129. The lowest BCUT2D eigenvalue weighted by Crippen LogP contribution is -2.57. The molecule has 1 saturated heterocycles. The molecule has 4 heteroatoms. The van der Waals surface area contributed by atoms with Gasteiger partial charge in [0.15, 0.2) is 0 Å². The molecule has 1 aromatic carbocycles. The first kappa shape index (κ1) is 13.4. The van der Waals surface area contributed by atoms with Gasteiger partial charge in [0, 0.05) is 24.2 Å². The number of para-hydroxylation sites is 1. The van der Waals surface area contributed by atoms with E-state index in [9.17, 15) is 4.79 Å². The van der Waals surface area contributed by atoms with Crippen LogP contribution in [0.4, 0.5) is 5.69 Å². The van der Waals surface area contributed by atoms with Gasteiger partial charge in [-0.25, -0.2) is 5.01 Å². The van der Waals surface area contributed by atoms with Crippen LogP contribution >= 0.6 is 0 Å².